The highest BCUT2D eigenvalue weighted by Crippen LogP contribution is 2.41. The topological polar surface area (TPSA) is 115 Å². The molecule has 224 valence electrons. The minimum absolute atomic E-state index is 0.0527. The molecule has 1 N–H and O–H groups in total. The normalized spacial score (nSPS) is 24.3. The second-order valence-electron chi connectivity index (χ2n) is 11.4. The maximum absolute atomic E-state index is 14.5. The predicted octanol–water partition coefficient (Wildman–Crippen LogP) is 5.95. The molecule has 1 saturated carbocycles. The van der Waals surface area contributed by atoms with Gasteiger partial charge in [0.2, 0.25) is 0 Å². The first-order chi connectivity index (χ1) is 19.1. The van der Waals surface area contributed by atoms with E-state index in [-0.39, 0.29) is 47.3 Å². The molecule has 1 amide bonds. The molecule has 9 nitrogen and oxygen atoms in total. The maximum Gasteiger partial charge on any atom is 0.433 e. The van der Waals surface area contributed by atoms with E-state index in [1.807, 2.05) is 13.8 Å². The van der Waals surface area contributed by atoms with Crippen molar-refractivity contribution in [3.63, 3.8) is 0 Å². The minimum Gasteiger partial charge on any atom is -0.481 e. The number of carbonyl (C=O) groups excluding carboxylic acids is 2. The van der Waals surface area contributed by atoms with E-state index in [2.05, 4.69) is 10.1 Å². The van der Waals surface area contributed by atoms with Gasteiger partial charge in [-0.05, 0) is 51.9 Å². The first kappa shape index (κ1) is 31.2. The number of carbonyl (C=O) groups is 3. The van der Waals surface area contributed by atoms with Crippen molar-refractivity contribution in [2.45, 2.75) is 76.8 Å². The van der Waals surface area contributed by atoms with Gasteiger partial charge in [-0.25, -0.2) is 0 Å². The predicted molar refractivity (Wildman–Crippen MR) is 143 cm³/mol. The summed E-state index contributed by atoms with van der Waals surface area (Å²) in [7, 11) is 0. The van der Waals surface area contributed by atoms with Crippen LogP contribution in [-0.2, 0) is 15.7 Å². The average molecular weight is 619 g/mol. The lowest BCUT2D eigenvalue weighted by Gasteiger charge is -2.33. The van der Waals surface area contributed by atoms with E-state index in [1.54, 1.807) is 6.92 Å². The number of hydrogen-bond donors (Lipinski definition) is 1. The SMILES string of the molecule is CC1CC(n2ncc(C(=O)N(CC(=O)c3c(Cl)cncc3Cl)CC3CCC(C)(C)O3)c2C(F)(F)F)CCC1C(=O)O. The van der Waals surface area contributed by atoms with Gasteiger partial charge in [-0.3, -0.25) is 24.0 Å². The number of hydrogen-bond acceptors (Lipinski definition) is 6. The fourth-order valence-electron chi connectivity index (χ4n) is 5.81. The Labute approximate surface area is 244 Å². The van der Waals surface area contributed by atoms with Crippen LogP contribution in [0.1, 0.15) is 85.3 Å². The molecule has 0 radical (unpaired) electrons. The zero-order valence-corrected chi connectivity index (χ0v) is 24.3. The molecule has 2 fully saturated rings. The number of carboxylic acid groups (broad SMARTS) is 1. The monoisotopic (exact) mass is 618 g/mol. The summed E-state index contributed by atoms with van der Waals surface area (Å²) in [6.07, 6.45) is -0.478. The smallest absolute Gasteiger partial charge is 0.433 e. The number of alkyl halides is 3. The van der Waals surface area contributed by atoms with Gasteiger partial charge in [0, 0.05) is 18.9 Å². The standard InChI is InChI=1S/C27H31Cl2F3N4O5/c1-14-8-15(4-5-17(14)25(39)40)36-23(27(30,31)32)18(9-34-36)24(38)35(12-16-6-7-26(2,3)41-16)13-21(37)22-19(28)10-33-11-20(22)29/h9-11,14-17H,4-8,12-13H2,1-3H3,(H,39,40). The first-order valence-electron chi connectivity index (χ1n) is 13.3. The van der Waals surface area contributed by atoms with Crippen LogP contribution in [0.5, 0.6) is 0 Å². The lowest BCUT2D eigenvalue weighted by Crippen LogP contribution is -2.42. The number of Topliss-reactive ketones (excluding diaryl/α,β-unsaturated/α-hetero) is 1. The molecule has 2 aromatic rings. The van der Waals surface area contributed by atoms with Gasteiger partial charge in [0.05, 0.1) is 57.6 Å². The molecule has 4 atom stereocenters. The van der Waals surface area contributed by atoms with Crippen LogP contribution in [0.2, 0.25) is 10.0 Å². The summed E-state index contributed by atoms with van der Waals surface area (Å²) in [5, 5.41) is 13.3. The highest BCUT2D eigenvalue weighted by molar-refractivity contribution is 6.39. The third-order valence-corrected chi connectivity index (χ3v) is 8.40. The van der Waals surface area contributed by atoms with Crippen molar-refractivity contribution < 1.29 is 37.4 Å². The van der Waals surface area contributed by atoms with E-state index >= 15 is 0 Å². The van der Waals surface area contributed by atoms with Crippen LogP contribution >= 0.6 is 23.2 Å². The third kappa shape index (κ3) is 6.86. The van der Waals surface area contributed by atoms with Gasteiger partial charge >= 0.3 is 12.1 Å². The molecule has 4 rings (SSSR count). The Hall–Kier alpha value is -2.70. The minimum atomic E-state index is -4.95. The number of halogens is 5. The van der Waals surface area contributed by atoms with E-state index in [0.717, 1.165) is 15.8 Å². The van der Waals surface area contributed by atoms with Crippen LogP contribution in [0.3, 0.4) is 0 Å². The zero-order valence-electron chi connectivity index (χ0n) is 22.8. The maximum atomic E-state index is 14.5. The zero-order chi connectivity index (χ0) is 30.3. The Kier molecular flexibility index (Phi) is 9.06. The van der Waals surface area contributed by atoms with Crippen LogP contribution < -0.4 is 0 Å². The third-order valence-electron chi connectivity index (χ3n) is 7.83. The van der Waals surface area contributed by atoms with Crippen LogP contribution in [0, 0.1) is 11.8 Å². The molecule has 2 aromatic heterocycles. The second-order valence-corrected chi connectivity index (χ2v) is 12.2. The van der Waals surface area contributed by atoms with E-state index in [0.29, 0.717) is 12.8 Å². The first-order valence-corrected chi connectivity index (χ1v) is 14.0. The molecule has 1 aliphatic heterocycles. The fourth-order valence-corrected chi connectivity index (χ4v) is 6.38. The molecule has 0 spiro atoms. The van der Waals surface area contributed by atoms with Crippen molar-refractivity contribution in [1.82, 2.24) is 19.7 Å². The summed E-state index contributed by atoms with van der Waals surface area (Å²) in [6.45, 7) is 4.67. The average Bonchev–Trinajstić information content (AvgIpc) is 3.46. The highest BCUT2D eigenvalue weighted by Gasteiger charge is 2.45. The molecular formula is C27H31Cl2F3N4O5. The van der Waals surface area contributed by atoms with Crippen LogP contribution in [0.4, 0.5) is 13.2 Å². The molecule has 3 heterocycles. The van der Waals surface area contributed by atoms with Crippen molar-refractivity contribution in [1.29, 1.82) is 0 Å². The Balaban J connectivity index is 1.68. The molecule has 4 unspecified atom stereocenters. The number of aliphatic carboxylic acids is 1. The number of nitrogens with zero attached hydrogens (tertiary/aromatic N) is 4. The number of pyridine rings is 1. The molecule has 0 aromatic carbocycles. The highest BCUT2D eigenvalue weighted by atomic mass is 35.5. The lowest BCUT2D eigenvalue weighted by molar-refractivity contribution is -0.149. The van der Waals surface area contributed by atoms with E-state index < -0.39 is 65.3 Å². The second kappa shape index (κ2) is 11.9. The van der Waals surface area contributed by atoms with Gasteiger partial charge in [-0.15, -0.1) is 0 Å². The number of amides is 1. The summed E-state index contributed by atoms with van der Waals surface area (Å²) >= 11 is 12.3. The Bertz CT molecular complexity index is 1310. The quantitative estimate of drug-likeness (QED) is 0.364. The summed E-state index contributed by atoms with van der Waals surface area (Å²) in [6, 6.07) is -0.748. The largest absolute Gasteiger partial charge is 0.481 e. The van der Waals surface area contributed by atoms with Crippen molar-refractivity contribution in [3.8, 4) is 0 Å². The number of rotatable bonds is 8. The lowest BCUT2D eigenvalue weighted by atomic mass is 9.78. The molecule has 41 heavy (non-hydrogen) atoms. The molecule has 1 aliphatic carbocycles. The summed E-state index contributed by atoms with van der Waals surface area (Å²) in [4.78, 5) is 43.4. The van der Waals surface area contributed by atoms with Crippen molar-refractivity contribution in [2.24, 2.45) is 11.8 Å². The van der Waals surface area contributed by atoms with Crippen LogP contribution in [0.25, 0.3) is 0 Å². The number of ether oxygens (including phenoxy) is 1. The Morgan fingerprint density at radius 3 is 2.34 bits per heavy atom. The molecular weight excluding hydrogens is 588 g/mol. The van der Waals surface area contributed by atoms with Gasteiger partial charge in [-0.2, -0.15) is 18.3 Å². The molecule has 1 saturated heterocycles. The van der Waals surface area contributed by atoms with E-state index in [1.165, 1.54) is 12.4 Å². The van der Waals surface area contributed by atoms with Gasteiger partial charge in [0.1, 0.15) is 0 Å². The Morgan fingerprint density at radius 1 is 1.15 bits per heavy atom. The number of ketones is 1. The van der Waals surface area contributed by atoms with Gasteiger partial charge in [0.15, 0.2) is 11.5 Å². The molecule has 2 aliphatic rings. The fraction of sp³-hybridized carbons (Fsp3) is 0.593. The Morgan fingerprint density at radius 2 is 1.80 bits per heavy atom. The molecule has 14 heteroatoms. The van der Waals surface area contributed by atoms with Gasteiger partial charge in [0.25, 0.3) is 5.91 Å². The van der Waals surface area contributed by atoms with Gasteiger partial charge < -0.3 is 14.7 Å². The summed E-state index contributed by atoms with van der Waals surface area (Å²) in [5.74, 6) is -3.76. The molecule has 0 bridgehead atoms. The summed E-state index contributed by atoms with van der Waals surface area (Å²) in [5.41, 5.74) is -2.53. The van der Waals surface area contributed by atoms with E-state index in [9.17, 15) is 32.7 Å². The van der Waals surface area contributed by atoms with E-state index in [4.69, 9.17) is 27.9 Å². The van der Waals surface area contributed by atoms with Gasteiger partial charge in [-0.1, -0.05) is 30.1 Å². The van der Waals surface area contributed by atoms with Crippen LogP contribution in [0.15, 0.2) is 18.6 Å². The summed E-state index contributed by atoms with van der Waals surface area (Å²) < 4.78 is 50.3. The number of carboxylic acids is 1. The van der Waals surface area contributed by atoms with Crippen molar-refractivity contribution in [2.75, 3.05) is 13.1 Å². The van der Waals surface area contributed by atoms with Crippen LogP contribution in [-0.4, -0.2) is 67.2 Å². The van der Waals surface area contributed by atoms with Crippen molar-refractivity contribution >= 4 is 40.9 Å². The number of aromatic nitrogens is 3. The van der Waals surface area contributed by atoms with Crippen molar-refractivity contribution in [3.05, 3.63) is 45.5 Å².